The number of rotatable bonds is 6. The van der Waals surface area contributed by atoms with Crippen LogP contribution < -0.4 is 15.0 Å². The van der Waals surface area contributed by atoms with Crippen molar-refractivity contribution >= 4 is 40.6 Å². The first kappa shape index (κ1) is 23.7. The molecule has 0 saturated carbocycles. The minimum Gasteiger partial charge on any atom is -0.483 e. The van der Waals surface area contributed by atoms with Crippen LogP contribution in [-0.2, 0) is 17.6 Å². The lowest BCUT2D eigenvalue weighted by atomic mass is 10.0. The number of carbonyl (C=O) groups is 2. The van der Waals surface area contributed by atoms with Crippen molar-refractivity contribution < 1.29 is 14.3 Å². The molecular weight excluding hydrogens is 468 g/mol. The monoisotopic (exact) mass is 494 g/mol. The van der Waals surface area contributed by atoms with Crippen molar-refractivity contribution in [1.29, 1.82) is 0 Å². The van der Waals surface area contributed by atoms with Gasteiger partial charge in [-0.05, 0) is 72.7 Å². The van der Waals surface area contributed by atoms with Gasteiger partial charge in [0.1, 0.15) is 5.75 Å². The lowest BCUT2D eigenvalue weighted by Crippen LogP contribution is -2.32. The van der Waals surface area contributed by atoms with E-state index in [4.69, 9.17) is 4.74 Å². The van der Waals surface area contributed by atoms with Gasteiger partial charge in [-0.2, -0.15) is 0 Å². The number of nitrogens with zero attached hydrogens (tertiary/aromatic N) is 1. The third-order valence-corrected chi connectivity index (χ3v) is 6.91. The molecule has 4 aromatic carbocycles. The first-order valence-corrected chi connectivity index (χ1v) is 13.0. The Labute approximate surface area is 215 Å². The van der Waals surface area contributed by atoms with Crippen molar-refractivity contribution in [3.8, 4) is 5.75 Å². The normalized spacial score (nSPS) is 12.2. The predicted molar refractivity (Wildman–Crippen MR) is 146 cm³/mol. The molecular formula is C30H26N2O3S. The Morgan fingerprint density at radius 1 is 0.833 bits per heavy atom. The number of ether oxygens (including phenoxy) is 1. The summed E-state index contributed by atoms with van der Waals surface area (Å²) in [5.74, 6) is -0.123. The molecule has 4 aromatic rings. The Morgan fingerprint density at radius 3 is 2.17 bits per heavy atom. The van der Waals surface area contributed by atoms with Crippen LogP contribution >= 0.6 is 11.8 Å². The average molecular weight is 495 g/mol. The van der Waals surface area contributed by atoms with E-state index in [1.807, 2.05) is 66.9 Å². The molecule has 180 valence electrons. The minimum atomic E-state index is -0.290. The Hall–Kier alpha value is -4.03. The number of aryl methyl sites for hydroxylation is 2. The second kappa shape index (κ2) is 10.7. The molecule has 5 rings (SSSR count). The lowest BCUT2D eigenvalue weighted by molar-refractivity contribution is -0.119. The summed E-state index contributed by atoms with van der Waals surface area (Å²) in [4.78, 5) is 29.5. The molecule has 6 heteroatoms. The summed E-state index contributed by atoms with van der Waals surface area (Å²) in [6.45, 7) is -0.199. The molecule has 0 saturated heterocycles. The molecule has 0 radical (unpaired) electrons. The van der Waals surface area contributed by atoms with Crippen molar-refractivity contribution in [1.82, 2.24) is 0 Å². The van der Waals surface area contributed by atoms with Gasteiger partial charge >= 0.3 is 0 Å². The van der Waals surface area contributed by atoms with Crippen molar-refractivity contribution in [2.45, 2.75) is 17.7 Å². The van der Waals surface area contributed by atoms with E-state index in [1.54, 1.807) is 40.9 Å². The fraction of sp³-hybridized carbons (Fsp3) is 0.133. The van der Waals surface area contributed by atoms with Gasteiger partial charge in [0.2, 0.25) is 0 Å². The molecule has 0 aromatic heterocycles. The third kappa shape index (κ3) is 4.99. The average Bonchev–Trinajstić information content (AvgIpc) is 3.09. The van der Waals surface area contributed by atoms with Crippen LogP contribution in [0.25, 0.3) is 0 Å². The summed E-state index contributed by atoms with van der Waals surface area (Å²) in [7, 11) is 0. The second-order valence-corrected chi connectivity index (χ2v) is 9.34. The van der Waals surface area contributed by atoms with Crippen LogP contribution in [0.4, 0.5) is 17.1 Å². The van der Waals surface area contributed by atoms with E-state index in [1.165, 1.54) is 0 Å². The van der Waals surface area contributed by atoms with Gasteiger partial charge in [-0.3, -0.25) is 14.5 Å². The van der Waals surface area contributed by atoms with Crippen molar-refractivity contribution in [3.63, 3.8) is 0 Å². The summed E-state index contributed by atoms with van der Waals surface area (Å²) in [5, 5.41) is 2.93. The summed E-state index contributed by atoms with van der Waals surface area (Å²) >= 11 is 1.61. The van der Waals surface area contributed by atoms with Gasteiger partial charge in [0.15, 0.2) is 6.61 Å². The maximum Gasteiger partial charge on any atom is 0.269 e. The standard InChI is InChI=1S/C30H26N2O3S/c1-36-24-12-8-11-23(19-24)31-30(34)25-13-4-7-16-28(25)35-20-29(33)32-26-14-5-2-9-21(26)17-18-22-10-3-6-15-27(22)32/h2-16,19H,17-18,20H2,1H3,(H,31,34). The maximum atomic E-state index is 13.6. The zero-order valence-corrected chi connectivity index (χ0v) is 20.8. The number of thioether (sulfide) groups is 1. The van der Waals surface area contributed by atoms with Crippen LogP contribution in [-0.4, -0.2) is 24.7 Å². The molecule has 1 N–H and O–H groups in total. The highest BCUT2D eigenvalue weighted by Crippen LogP contribution is 2.36. The molecule has 1 heterocycles. The van der Waals surface area contributed by atoms with Crippen LogP contribution in [0.3, 0.4) is 0 Å². The molecule has 5 nitrogen and oxygen atoms in total. The molecule has 1 aliphatic rings. The van der Waals surface area contributed by atoms with E-state index in [9.17, 15) is 9.59 Å². The predicted octanol–water partition coefficient (Wildman–Crippen LogP) is 6.50. The van der Waals surface area contributed by atoms with Crippen molar-refractivity contribution in [2.24, 2.45) is 0 Å². The van der Waals surface area contributed by atoms with Gasteiger partial charge in [-0.25, -0.2) is 0 Å². The molecule has 2 amide bonds. The Balaban J connectivity index is 1.38. The van der Waals surface area contributed by atoms with Crippen molar-refractivity contribution in [3.05, 3.63) is 114 Å². The fourth-order valence-electron chi connectivity index (χ4n) is 4.43. The third-order valence-electron chi connectivity index (χ3n) is 6.19. The van der Waals surface area contributed by atoms with Crippen LogP contribution in [0.1, 0.15) is 21.5 Å². The SMILES string of the molecule is CSc1cccc(NC(=O)c2ccccc2OCC(=O)N2c3ccccc3CCc3ccccc32)c1. The number of anilines is 3. The zero-order valence-electron chi connectivity index (χ0n) is 19.9. The van der Waals surface area contributed by atoms with Gasteiger partial charge in [-0.15, -0.1) is 11.8 Å². The molecule has 0 bridgehead atoms. The highest BCUT2D eigenvalue weighted by Gasteiger charge is 2.26. The minimum absolute atomic E-state index is 0.195. The quantitative estimate of drug-likeness (QED) is 0.311. The summed E-state index contributed by atoms with van der Waals surface area (Å²) in [6, 6.07) is 30.6. The van der Waals surface area contributed by atoms with Gasteiger partial charge < -0.3 is 10.1 Å². The number of hydrogen-bond acceptors (Lipinski definition) is 4. The molecule has 0 unspecified atom stereocenters. The fourth-order valence-corrected chi connectivity index (χ4v) is 4.89. The Morgan fingerprint density at radius 2 is 1.47 bits per heavy atom. The number of para-hydroxylation sites is 3. The zero-order chi connectivity index (χ0) is 24.9. The number of fused-ring (bicyclic) bond motifs is 2. The number of amides is 2. The maximum absolute atomic E-state index is 13.6. The van der Waals surface area contributed by atoms with E-state index in [0.29, 0.717) is 17.0 Å². The van der Waals surface area contributed by atoms with Gasteiger partial charge in [0.25, 0.3) is 11.8 Å². The molecule has 0 fully saturated rings. The highest BCUT2D eigenvalue weighted by molar-refractivity contribution is 7.98. The molecule has 1 aliphatic heterocycles. The summed E-state index contributed by atoms with van der Waals surface area (Å²) in [6.07, 6.45) is 3.71. The van der Waals surface area contributed by atoms with Gasteiger partial charge in [0.05, 0.1) is 16.9 Å². The van der Waals surface area contributed by atoms with Gasteiger partial charge in [0, 0.05) is 10.6 Å². The van der Waals surface area contributed by atoms with E-state index < -0.39 is 0 Å². The topological polar surface area (TPSA) is 58.6 Å². The smallest absolute Gasteiger partial charge is 0.269 e. The Kier molecular flexibility index (Phi) is 7.05. The summed E-state index contributed by atoms with van der Waals surface area (Å²) in [5.41, 5.74) is 5.06. The van der Waals surface area contributed by atoms with E-state index in [-0.39, 0.29) is 18.4 Å². The van der Waals surface area contributed by atoms with Crippen LogP contribution in [0.2, 0.25) is 0 Å². The largest absolute Gasteiger partial charge is 0.483 e. The van der Waals surface area contributed by atoms with Crippen LogP contribution in [0.5, 0.6) is 5.75 Å². The molecule has 0 atom stereocenters. The Bertz CT molecular complexity index is 1370. The van der Waals surface area contributed by atoms with E-state index in [2.05, 4.69) is 17.4 Å². The first-order valence-electron chi connectivity index (χ1n) is 11.8. The number of nitrogens with one attached hydrogen (secondary N) is 1. The molecule has 0 spiro atoms. The second-order valence-electron chi connectivity index (χ2n) is 8.46. The summed E-state index contributed by atoms with van der Waals surface area (Å²) < 4.78 is 5.97. The van der Waals surface area contributed by atoms with E-state index >= 15 is 0 Å². The number of hydrogen-bond donors (Lipinski definition) is 1. The molecule has 0 aliphatic carbocycles. The van der Waals surface area contributed by atoms with Crippen LogP contribution in [0, 0.1) is 0 Å². The number of benzene rings is 4. The lowest BCUT2D eigenvalue weighted by Gasteiger charge is -2.25. The first-order chi connectivity index (χ1) is 17.6. The number of carbonyl (C=O) groups excluding carboxylic acids is 2. The van der Waals surface area contributed by atoms with Gasteiger partial charge in [-0.1, -0.05) is 54.6 Å². The van der Waals surface area contributed by atoms with E-state index in [0.717, 1.165) is 40.2 Å². The highest BCUT2D eigenvalue weighted by atomic mass is 32.2. The van der Waals surface area contributed by atoms with Crippen molar-refractivity contribution in [2.75, 3.05) is 23.1 Å². The van der Waals surface area contributed by atoms with Crippen LogP contribution in [0.15, 0.2) is 102 Å². The molecule has 36 heavy (non-hydrogen) atoms.